The molecule has 1 unspecified atom stereocenters. The maximum absolute atomic E-state index is 11.8. The average Bonchev–Trinajstić information content (AvgIpc) is 2.83. The van der Waals surface area contributed by atoms with Gasteiger partial charge in [0.25, 0.3) is 0 Å². The number of hydrogen-bond acceptors (Lipinski definition) is 17. The van der Waals surface area contributed by atoms with Gasteiger partial charge in [-0.15, -0.1) is 0 Å². The molecule has 0 bridgehead atoms. The van der Waals surface area contributed by atoms with Crippen LogP contribution in [0.15, 0.2) is 0 Å². The minimum Gasteiger partial charge on any atom is -0.394 e. The van der Waals surface area contributed by atoms with Gasteiger partial charge in [-0.05, 0) is 6.92 Å². The fourth-order valence-electron chi connectivity index (χ4n) is 5.33. The summed E-state index contributed by atoms with van der Waals surface area (Å²) < 4.78 is 9.96. The van der Waals surface area contributed by atoms with E-state index in [-0.39, 0.29) is 0 Å². The molecule has 17 nitrogen and oxygen atoms in total. The number of rotatable bonds is 3. The Morgan fingerprint density at radius 1 is 0.543 bits per heavy atom. The maximum atomic E-state index is 11.8. The molecule has 206 valence electrons. The van der Waals surface area contributed by atoms with Crippen molar-refractivity contribution in [2.24, 2.45) is 0 Å². The van der Waals surface area contributed by atoms with Gasteiger partial charge in [0.1, 0.15) is 72.7 Å². The van der Waals surface area contributed by atoms with Gasteiger partial charge >= 0.3 is 0 Å². The summed E-state index contributed by atoms with van der Waals surface area (Å²) in [5.41, 5.74) is -11.3. The molecule has 0 aromatic heterocycles. The van der Waals surface area contributed by atoms with Crippen molar-refractivity contribution in [3.05, 3.63) is 0 Å². The molecular formula is C18H32O17. The van der Waals surface area contributed by atoms with Crippen molar-refractivity contribution in [3.8, 4) is 0 Å². The van der Waals surface area contributed by atoms with Gasteiger partial charge in [0.2, 0.25) is 5.79 Å². The summed E-state index contributed by atoms with van der Waals surface area (Å²) >= 11 is 0. The molecule has 0 aromatic rings. The summed E-state index contributed by atoms with van der Waals surface area (Å²) in [5.74, 6) is -3.95. The predicted molar refractivity (Wildman–Crippen MR) is 102 cm³/mol. The van der Waals surface area contributed by atoms with Gasteiger partial charge in [0.15, 0.2) is 17.5 Å². The van der Waals surface area contributed by atoms with E-state index >= 15 is 0 Å². The Morgan fingerprint density at radius 3 is 1.46 bits per heavy atom. The molecular weight excluding hydrogens is 488 g/mol. The zero-order valence-electron chi connectivity index (χ0n) is 18.2. The minimum atomic E-state index is -4.14. The molecule has 2 heterocycles. The molecule has 17 heteroatoms. The summed E-state index contributed by atoms with van der Waals surface area (Å²) in [7, 11) is 0. The van der Waals surface area contributed by atoms with Crippen molar-refractivity contribution in [3.63, 3.8) is 0 Å². The van der Waals surface area contributed by atoms with Gasteiger partial charge in [0.05, 0.1) is 6.61 Å². The summed E-state index contributed by atoms with van der Waals surface area (Å²) in [6, 6.07) is 0. The highest BCUT2D eigenvalue weighted by atomic mass is 16.7. The molecule has 1 aliphatic carbocycles. The van der Waals surface area contributed by atoms with Crippen LogP contribution in [0.2, 0.25) is 0 Å². The first-order valence-corrected chi connectivity index (χ1v) is 10.5. The lowest BCUT2D eigenvalue weighted by atomic mass is 9.53. The second-order valence-electron chi connectivity index (χ2n) is 9.41. The van der Waals surface area contributed by atoms with Crippen LogP contribution in [-0.2, 0) is 9.47 Å². The number of ether oxygens (including phenoxy) is 2. The van der Waals surface area contributed by atoms with Crippen LogP contribution in [-0.4, -0.2) is 179 Å². The van der Waals surface area contributed by atoms with Gasteiger partial charge in [0, 0.05) is 0 Å². The quantitative estimate of drug-likeness (QED) is 0.164. The molecule has 3 rings (SSSR count). The van der Waals surface area contributed by atoms with E-state index in [9.17, 15) is 76.6 Å². The SMILES string of the molecule is C[C@]1([C@@]2(O)[C@@H](O)[C@H](O)[C@@H](O)[C@@H](O)[C@]2(O)[C@]2(O)O[C@H](CO)[C@H](O)[C@H](O)[C@H]2O)OC(O)[C@@H](O)[C@H](O)[C@@H]1O. The van der Waals surface area contributed by atoms with E-state index in [1.54, 1.807) is 0 Å². The van der Waals surface area contributed by atoms with Gasteiger partial charge in [-0.25, -0.2) is 0 Å². The molecule has 2 aliphatic heterocycles. The molecule has 16 atom stereocenters. The lowest BCUT2D eigenvalue weighted by molar-refractivity contribution is -0.486. The Hall–Kier alpha value is -0.680. The van der Waals surface area contributed by atoms with Gasteiger partial charge in [-0.3, -0.25) is 0 Å². The van der Waals surface area contributed by atoms with Gasteiger partial charge in [-0.1, -0.05) is 0 Å². The first kappa shape index (κ1) is 28.9. The van der Waals surface area contributed by atoms with Crippen molar-refractivity contribution in [2.75, 3.05) is 6.61 Å². The van der Waals surface area contributed by atoms with Crippen molar-refractivity contribution >= 4 is 0 Å². The fraction of sp³-hybridized carbons (Fsp3) is 1.00. The lowest BCUT2D eigenvalue weighted by Crippen LogP contribution is -2.94. The third kappa shape index (κ3) is 3.38. The first-order chi connectivity index (χ1) is 15.9. The normalized spacial score (nSPS) is 62.1. The molecule has 0 radical (unpaired) electrons. The van der Waals surface area contributed by atoms with E-state index in [1.807, 2.05) is 0 Å². The zero-order chi connectivity index (χ0) is 27.0. The van der Waals surface area contributed by atoms with Crippen LogP contribution in [0.1, 0.15) is 6.92 Å². The lowest BCUT2D eigenvalue weighted by Gasteiger charge is -2.67. The third-order valence-electron chi connectivity index (χ3n) is 7.60. The van der Waals surface area contributed by atoms with Crippen molar-refractivity contribution < 1.29 is 86.1 Å². The molecule has 0 amide bonds. The molecule has 0 spiro atoms. The van der Waals surface area contributed by atoms with Crippen molar-refractivity contribution in [1.29, 1.82) is 0 Å². The molecule has 0 aromatic carbocycles. The monoisotopic (exact) mass is 520 g/mol. The third-order valence-corrected chi connectivity index (χ3v) is 7.60. The largest absolute Gasteiger partial charge is 0.394 e. The molecule has 1 saturated carbocycles. The highest BCUT2D eigenvalue weighted by molar-refractivity contribution is 5.31. The van der Waals surface area contributed by atoms with Crippen LogP contribution in [0, 0.1) is 0 Å². The number of aliphatic hydroxyl groups is 15. The Labute approximate surface area is 196 Å². The maximum Gasteiger partial charge on any atom is 0.230 e. The van der Waals surface area contributed by atoms with Crippen LogP contribution >= 0.6 is 0 Å². The van der Waals surface area contributed by atoms with E-state index in [0.717, 1.165) is 0 Å². The summed E-state index contributed by atoms with van der Waals surface area (Å²) in [5, 5.41) is 158. The second kappa shape index (κ2) is 8.96. The van der Waals surface area contributed by atoms with Gasteiger partial charge in [-0.2, -0.15) is 0 Å². The predicted octanol–water partition coefficient (Wildman–Crippen LogP) is -9.74. The van der Waals surface area contributed by atoms with E-state index in [2.05, 4.69) is 0 Å². The smallest absolute Gasteiger partial charge is 0.230 e. The highest BCUT2D eigenvalue weighted by Gasteiger charge is 2.84. The van der Waals surface area contributed by atoms with Crippen LogP contribution in [0.5, 0.6) is 0 Å². The zero-order valence-corrected chi connectivity index (χ0v) is 18.2. The molecule has 3 aliphatic rings. The number of aliphatic hydroxyl groups excluding tert-OH is 12. The van der Waals surface area contributed by atoms with E-state index in [0.29, 0.717) is 6.92 Å². The molecule has 3 fully saturated rings. The van der Waals surface area contributed by atoms with Crippen LogP contribution < -0.4 is 0 Å². The average molecular weight is 520 g/mol. The van der Waals surface area contributed by atoms with Crippen molar-refractivity contribution in [2.45, 2.75) is 103 Å². The molecule has 2 saturated heterocycles. The number of hydrogen-bond donors (Lipinski definition) is 15. The summed E-state index contributed by atoms with van der Waals surface area (Å²) in [6.45, 7) is -0.611. The topological polar surface area (TPSA) is 322 Å². The van der Waals surface area contributed by atoms with Gasteiger partial charge < -0.3 is 86.1 Å². The van der Waals surface area contributed by atoms with Crippen molar-refractivity contribution in [1.82, 2.24) is 0 Å². The van der Waals surface area contributed by atoms with Crippen LogP contribution in [0.25, 0.3) is 0 Å². The Balaban J connectivity index is 2.33. The van der Waals surface area contributed by atoms with E-state index in [1.165, 1.54) is 0 Å². The molecule has 15 N–H and O–H groups in total. The minimum absolute atomic E-state index is 0.592. The summed E-state index contributed by atoms with van der Waals surface area (Å²) in [6.07, 6.45) is -30.5. The second-order valence-corrected chi connectivity index (χ2v) is 9.41. The van der Waals surface area contributed by atoms with E-state index < -0.39 is 103 Å². The highest BCUT2D eigenvalue weighted by Crippen LogP contribution is 2.56. The standard InChI is InChI=1S/C18H32O17/c1-15(10(26)8(24)9(25)14(30)35-15)16(31)11(27)6(22)7(23)12(28)17(16,32)18(33)13(29)5(21)4(20)3(2-19)34-18/h3-14,19-33H,2H2,1H3/t3-,4+,5+,6-,7-,8+,9+,10+,11+,12-,13-,14?,15+,16+,17-,18-/m1/s1. The Bertz CT molecular complexity index is 786. The Morgan fingerprint density at radius 2 is 0.971 bits per heavy atom. The fourth-order valence-corrected chi connectivity index (χ4v) is 5.33. The Kier molecular flexibility index (Phi) is 7.40. The van der Waals surface area contributed by atoms with E-state index in [4.69, 9.17) is 9.47 Å². The van der Waals surface area contributed by atoms with Crippen LogP contribution in [0.3, 0.4) is 0 Å². The van der Waals surface area contributed by atoms with Crippen LogP contribution in [0.4, 0.5) is 0 Å². The first-order valence-electron chi connectivity index (χ1n) is 10.5. The summed E-state index contributed by atoms with van der Waals surface area (Å²) in [4.78, 5) is 0. The molecule has 35 heavy (non-hydrogen) atoms.